The third-order valence-corrected chi connectivity index (χ3v) is 3.68. The van der Waals surface area contributed by atoms with Crippen molar-refractivity contribution in [3.8, 4) is 0 Å². The number of carbonyl (C=O) groups is 1. The minimum atomic E-state index is -0.244. The summed E-state index contributed by atoms with van der Waals surface area (Å²) in [4.78, 5) is 16.6. The van der Waals surface area contributed by atoms with Crippen LogP contribution in [0.3, 0.4) is 0 Å². The number of benzene rings is 1. The van der Waals surface area contributed by atoms with Crippen molar-refractivity contribution in [1.82, 2.24) is 10.3 Å². The van der Waals surface area contributed by atoms with Gasteiger partial charge in [-0.05, 0) is 36.2 Å². The molecular formula is C15H15FN2OS. The van der Waals surface area contributed by atoms with Gasteiger partial charge < -0.3 is 5.32 Å². The number of halogens is 1. The fourth-order valence-corrected chi connectivity index (χ4v) is 2.35. The predicted molar refractivity (Wildman–Crippen MR) is 78.1 cm³/mol. The smallest absolute Gasteiger partial charge is 0.230 e. The molecule has 1 N–H and O–H groups in total. The van der Waals surface area contributed by atoms with Crippen LogP contribution >= 0.6 is 11.8 Å². The second-order valence-electron chi connectivity index (χ2n) is 4.20. The van der Waals surface area contributed by atoms with Crippen molar-refractivity contribution in [2.45, 2.75) is 11.3 Å². The van der Waals surface area contributed by atoms with Gasteiger partial charge in [0, 0.05) is 23.8 Å². The van der Waals surface area contributed by atoms with Gasteiger partial charge in [0.2, 0.25) is 5.91 Å². The highest BCUT2D eigenvalue weighted by Gasteiger charge is 2.02. The van der Waals surface area contributed by atoms with Crippen LogP contribution in [0.1, 0.15) is 5.56 Å². The maximum Gasteiger partial charge on any atom is 0.230 e. The van der Waals surface area contributed by atoms with Crippen LogP contribution in [0, 0.1) is 5.82 Å². The van der Waals surface area contributed by atoms with Crippen molar-refractivity contribution in [2.75, 3.05) is 12.3 Å². The van der Waals surface area contributed by atoms with Crippen molar-refractivity contribution < 1.29 is 9.18 Å². The molecule has 0 fully saturated rings. The predicted octanol–water partition coefficient (Wildman–Crippen LogP) is 2.67. The quantitative estimate of drug-likeness (QED) is 0.832. The molecule has 0 aliphatic carbocycles. The van der Waals surface area contributed by atoms with Crippen LogP contribution in [-0.4, -0.2) is 23.2 Å². The molecule has 20 heavy (non-hydrogen) atoms. The third-order valence-electron chi connectivity index (χ3n) is 2.67. The summed E-state index contributed by atoms with van der Waals surface area (Å²) >= 11 is 1.48. The Balaban J connectivity index is 1.66. The molecule has 1 aromatic carbocycles. The minimum absolute atomic E-state index is 0.00563. The van der Waals surface area contributed by atoms with Gasteiger partial charge in [0.25, 0.3) is 0 Å². The van der Waals surface area contributed by atoms with Crippen LogP contribution in [0.5, 0.6) is 0 Å². The molecule has 0 unspecified atom stereocenters. The van der Waals surface area contributed by atoms with Crippen molar-refractivity contribution in [1.29, 1.82) is 0 Å². The lowest BCUT2D eigenvalue weighted by Gasteiger charge is -2.05. The van der Waals surface area contributed by atoms with Crippen molar-refractivity contribution in [3.05, 3.63) is 60.2 Å². The lowest BCUT2D eigenvalue weighted by Crippen LogP contribution is -2.27. The molecule has 0 aliphatic heterocycles. The number of hydrogen-bond acceptors (Lipinski definition) is 3. The molecule has 3 nitrogen and oxygen atoms in total. The zero-order valence-corrected chi connectivity index (χ0v) is 11.7. The molecule has 0 aliphatic rings. The van der Waals surface area contributed by atoms with Gasteiger partial charge in [-0.3, -0.25) is 9.78 Å². The molecule has 0 spiro atoms. The average molecular weight is 290 g/mol. The van der Waals surface area contributed by atoms with E-state index in [1.54, 1.807) is 24.5 Å². The van der Waals surface area contributed by atoms with Gasteiger partial charge in [0.15, 0.2) is 0 Å². The van der Waals surface area contributed by atoms with E-state index < -0.39 is 0 Å². The fourth-order valence-electron chi connectivity index (χ4n) is 1.63. The number of carbonyl (C=O) groups excluding carboxylic acids is 1. The van der Waals surface area contributed by atoms with Gasteiger partial charge >= 0.3 is 0 Å². The summed E-state index contributed by atoms with van der Waals surface area (Å²) in [5.41, 5.74) is 1.01. The van der Waals surface area contributed by atoms with E-state index in [2.05, 4.69) is 10.3 Å². The van der Waals surface area contributed by atoms with Gasteiger partial charge in [0.05, 0.1) is 5.75 Å². The van der Waals surface area contributed by atoms with E-state index >= 15 is 0 Å². The van der Waals surface area contributed by atoms with E-state index in [1.807, 2.05) is 12.1 Å². The zero-order valence-electron chi connectivity index (χ0n) is 10.9. The molecule has 0 atom stereocenters. The number of thioether (sulfide) groups is 1. The number of amides is 1. The minimum Gasteiger partial charge on any atom is -0.355 e. The number of nitrogens with zero attached hydrogens (tertiary/aromatic N) is 1. The van der Waals surface area contributed by atoms with E-state index in [0.29, 0.717) is 18.7 Å². The molecular weight excluding hydrogens is 275 g/mol. The Morgan fingerprint density at radius 3 is 2.55 bits per heavy atom. The van der Waals surface area contributed by atoms with Crippen LogP contribution in [0.2, 0.25) is 0 Å². The molecule has 5 heteroatoms. The van der Waals surface area contributed by atoms with Gasteiger partial charge in [-0.1, -0.05) is 12.1 Å². The molecule has 0 bridgehead atoms. The first-order valence-electron chi connectivity index (χ1n) is 6.28. The molecule has 2 rings (SSSR count). The fraction of sp³-hybridized carbons (Fsp3) is 0.200. The largest absolute Gasteiger partial charge is 0.355 e. The topological polar surface area (TPSA) is 42.0 Å². The van der Waals surface area contributed by atoms with Gasteiger partial charge in [-0.2, -0.15) is 0 Å². The van der Waals surface area contributed by atoms with E-state index in [1.165, 1.54) is 23.9 Å². The highest BCUT2D eigenvalue weighted by atomic mass is 32.2. The van der Waals surface area contributed by atoms with Crippen LogP contribution in [0.25, 0.3) is 0 Å². The van der Waals surface area contributed by atoms with Crippen LogP contribution in [-0.2, 0) is 11.2 Å². The first kappa shape index (κ1) is 14.5. The highest BCUT2D eigenvalue weighted by Crippen LogP contribution is 2.15. The van der Waals surface area contributed by atoms with E-state index in [0.717, 1.165) is 10.5 Å². The molecule has 104 valence electrons. The number of nitrogens with one attached hydrogen (secondary N) is 1. The Morgan fingerprint density at radius 1 is 1.15 bits per heavy atom. The highest BCUT2D eigenvalue weighted by molar-refractivity contribution is 8.00. The Kier molecular flexibility index (Phi) is 5.55. The van der Waals surface area contributed by atoms with Crippen LogP contribution < -0.4 is 5.32 Å². The Morgan fingerprint density at radius 2 is 1.85 bits per heavy atom. The van der Waals surface area contributed by atoms with Crippen molar-refractivity contribution >= 4 is 17.7 Å². The number of rotatable bonds is 6. The summed E-state index contributed by atoms with van der Waals surface area (Å²) in [6.07, 6.45) is 4.11. The summed E-state index contributed by atoms with van der Waals surface area (Å²) in [5.74, 6) is 0.133. The number of aromatic nitrogens is 1. The standard InChI is InChI=1S/C15H15FN2OS/c16-13-3-1-12(2-4-13)5-10-18-15(19)11-20-14-6-8-17-9-7-14/h1-4,6-9H,5,10-11H2,(H,18,19). The lowest BCUT2D eigenvalue weighted by molar-refractivity contribution is -0.118. The average Bonchev–Trinajstić information content (AvgIpc) is 2.48. The van der Waals surface area contributed by atoms with Crippen LogP contribution in [0.4, 0.5) is 4.39 Å². The third kappa shape index (κ3) is 5.01. The van der Waals surface area contributed by atoms with Gasteiger partial charge in [-0.15, -0.1) is 11.8 Å². The molecule has 1 heterocycles. The van der Waals surface area contributed by atoms with Gasteiger partial charge in [-0.25, -0.2) is 4.39 Å². The summed E-state index contributed by atoms with van der Waals surface area (Å²) in [7, 11) is 0. The normalized spacial score (nSPS) is 10.2. The SMILES string of the molecule is O=C(CSc1ccncc1)NCCc1ccc(F)cc1. The zero-order chi connectivity index (χ0) is 14.2. The number of pyridine rings is 1. The molecule has 2 aromatic rings. The second-order valence-corrected chi connectivity index (χ2v) is 5.25. The maximum atomic E-state index is 12.7. The molecule has 0 saturated heterocycles. The first-order chi connectivity index (χ1) is 9.74. The Bertz CT molecular complexity index is 546. The monoisotopic (exact) mass is 290 g/mol. The van der Waals surface area contributed by atoms with E-state index in [4.69, 9.17) is 0 Å². The summed E-state index contributed by atoms with van der Waals surface area (Å²) in [6, 6.07) is 10.1. The van der Waals surface area contributed by atoms with Gasteiger partial charge in [0.1, 0.15) is 5.82 Å². The Labute approximate surface area is 121 Å². The van der Waals surface area contributed by atoms with Crippen molar-refractivity contribution in [3.63, 3.8) is 0 Å². The summed E-state index contributed by atoms with van der Waals surface area (Å²) < 4.78 is 12.7. The number of hydrogen-bond donors (Lipinski definition) is 1. The van der Waals surface area contributed by atoms with E-state index in [-0.39, 0.29) is 11.7 Å². The first-order valence-corrected chi connectivity index (χ1v) is 7.26. The summed E-state index contributed by atoms with van der Waals surface area (Å²) in [5, 5.41) is 2.85. The summed E-state index contributed by atoms with van der Waals surface area (Å²) in [6.45, 7) is 0.557. The van der Waals surface area contributed by atoms with Crippen LogP contribution in [0.15, 0.2) is 53.7 Å². The molecule has 0 radical (unpaired) electrons. The molecule has 0 saturated carbocycles. The Hall–Kier alpha value is -1.88. The molecule has 1 aromatic heterocycles. The van der Waals surface area contributed by atoms with Crippen molar-refractivity contribution in [2.24, 2.45) is 0 Å². The van der Waals surface area contributed by atoms with E-state index in [9.17, 15) is 9.18 Å². The lowest BCUT2D eigenvalue weighted by atomic mass is 10.1. The maximum absolute atomic E-state index is 12.7. The second kappa shape index (κ2) is 7.65. The molecule has 1 amide bonds.